The zero-order valence-electron chi connectivity index (χ0n) is 18.1. The second-order valence-corrected chi connectivity index (χ2v) is 9.33. The number of benzene rings is 2. The lowest BCUT2D eigenvalue weighted by Crippen LogP contribution is -2.25. The van der Waals surface area contributed by atoms with Crippen molar-refractivity contribution in [3.8, 4) is 5.69 Å². The van der Waals surface area contributed by atoms with Crippen molar-refractivity contribution in [2.45, 2.75) is 19.1 Å². The van der Waals surface area contributed by atoms with E-state index in [9.17, 15) is 18.0 Å². The van der Waals surface area contributed by atoms with Crippen LogP contribution in [0, 0.1) is 0 Å². The van der Waals surface area contributed by atoms with Gasteiger partial charge in [0.15, 0.2) is 5.65 Å². The van der Waals surface area contributed by atoms with Gasteiger partial charge < -0.3 is 11.1 Å². The molecule has 0 atom stereocenters. The topological polar surface area (TPSA) is 102 Å². The van der Waals surface area contributed by atoms with Gasteiger partial charge in [0.2, 0.25) is 5.95 Å². The molecule has 0 amide bonds. The molecule has 0 saturated heterocycles. The minimum atomic E-state index is -4.68. The van der Waals surface area contributed by atoms with E-state index in [0.717, 1.165) is 23.1 Å². The first-order chi connectivity index (χ1) is 17.0. The largest absolute Gasteiger partial charge is 0.416 e. The molecule has 2 aromatic heterocycles. The van der Waals surface area contributed by atoms with Crippen LogP contribution in [-0.4, -0.2) is 30.5 Å². The highest BCUT2D eigenvalue weighted by Crippen LogP contribution is 2.38. The van der Waals surface area contributed by atoms with Crippen molar-refractivity contribution >= 4 is 63.5 Å². The number of halogens is 6. The molecule has 1 aliphatic rings. The van der Waals surface area contributed by atoms with Crippen LogP contribution in [0.1, 0.15) is 16.7 Å². The average Bonchev–Trinajstić information content (AvgIpc) is 2.79. The van der Waals surface area contributed by atoms with E-state index in [0.29, 0.717) is 24.4 Å². The molecular formula is C22H15Cl3F3N7O. The number of anilines is 3. The molecular weight excluding hydrogens is 542 g/mol. The van der Waals surface area contributed by atoms with Crippen LogP contribution in [0.4, 0.5) is 30.6 Å². The summed E-state index contributed by atoms with van der Waals surface area (Å²) in [5.74, 6) is -0.0215. The van der Waals surface area contributed by atoms with Crippen molar-refractivity contribution in [2.75, 3.05) is 17.6 Å². The van der Waals surface area contributed by atoms with E-state index in [1.807, 2.05) is 18.2 Å². The van der Waals surface area contributed by atoms with Gasteiger partial charge in [0, 0.05) is 25.0 Å². The summed E-state index contributed by atoms with van der Waals surface area (Å²) in [5.41, 5.74) is 6.91. The first kappa shape index (κ1) is 24.6. The molecule has 36 heavy (non-hydrogen) atoms. The number of alkyl halides is 3. The second-order valence-electron chi connectivity index (χ2n) is 8.04. The van der Waals surface area contributed by atoms with Crippen LogP contribution in [0.5, 0.6) is 0 Å². The summed E-state index contributed by atoms with van der Waals surface area (Å²) < 4.78 is 41.8. The predicted molar refractivity (Wildman–Crippen MR) is 132 cm³/mol. The molecule has 2 aromatic carbocycles. The molecule has 8 nitrogen and oxygen atoms in total. The van der Waals surface area contributed by atoms with Crippen molar-refractivity contribution in [1.82, 2.24) is 23.9 Å². The van der Waals surface area contributed by atoms with Gasteiger partial charge in [-0.05, 0) is 53.6 Å². The van der Waals surface area contributed by atoms with Gasteiger partial charge in [-0.2, -0.15) is 23.1 Å². The van der Waals surface area contributed by atoms with Crippen LogP contribution < -0.4 is 16.7 Å². The molecule has 4 aromatic rings. The molecule has 0 unspecified atom stereocenters. The molecule has 186 valence electrons. The van der Waals surface area contributed by atoms with E-state index < -0.39 is 27.5 Å². The molecule has 5 rings (SSSR count). The number of nitrogen functional groups attached to an aromatic ring is 1. The minimum absolute atomic E-state index is 0.0182. The molecule has 0 aliphatic carbocycles. The maximum atomic E-state index is 13.1. The van der Waals surface area contributed by atoms with Crippen LogP contribution in [-0.2, 0) is 19.1 Å². The van der Waals surface area contributed by atoms with Gasteiger partial charge in [-0.1, -0.05) is 29.3 Å². The number of fused-ring (bicyclic) bond motifs is 2. The summed E-state index contributed by atoms with van der Waals surface area (Å²) in [6, 6.07) is 7.13. The Balaban J connectivity index is 1.53. The normalized spacial score (nSPS) is 14.2. The van der Waals surface area contributed by atoms with Crippen molar-refractivity contribution in [3.05, 3.63) is 73.7 Å². The molecule has 0 radical (unpaired) electrons. The highest BCUT2D eigenvalue weighted by atomic mass is 35.5. The van der Waals surface area contributed by atoms with Crippen molar-refractivity contribution < 1.29 is 13.2 Å². The van der Waals surface area contributed by atoms with Gasteiger partial charge in [0.25, 0.3) is 0 Å². The Bertz CT molecular complexity index is 1550. The molecule has 0 fully saturated rings. The molecule has 0 spiro atoms. The third-order valence-electron chi connectivity index (χ3n) is 5.67. The first-order valence-corrected chi connectivity index (χ1v) is 11.5. The van der Waals surface area contributed by atoms with Crippen LogP contribution in [0.15, 0.2) is 41.3 Å². The third kappa shape index (κ3) is 4.55. The van der Waals surface area contributed by atoms with Crippen molar-refractivity contribution in [2.24, 2.45) is 0 Å². The minimum Gasteiger partial charge on any atom is -0.384 e. The standard InChI is InChI=1S/C22H15Cl3F3N7O/c23-15-6-12(22(26,27)28)7-16(24)17(15)35-18(29)14-8-30-20(32-19(14)33-21(35)36)31-13-2-1-10-3-4-34(25)9-11(10)5-13/h1-2,5-8H,3-4,9,29H2,(H,31,32,33,36). The van der Waals surface area contributed by atoms with Crippen LogP contribution in [0.3, 0.4) is 0 Å². The van der Waals surface area contributed by atoms with Gasteiger partial charge in [-0.25, -0.2) is 18.8 Å². The number of hydrogen-bond acceptors (Lipinski definition) is 7. The third-order valence-corrected chi connectivity index (χ3v) is 6.54. The number of hydrogen-bond donors (Lipinski definition) is 2. The quantitative estimate of drug-likeness (QED) is 0.329. The lowest BCUT2D eigenvalue weighted by atomic mass is 10.0. The first-order valence-electron chi connectivity index (χ1n) is 10.4. The van der Waals surface area contributed by atoms with E-state index in [-0.39, 0.29) is 28.5 Å². The Labute approximate surface area is 216 Å². The highest BCUT2D eigenvalue weighted by Gasteiger charge is 2.32. The summed E-state index contributed by atoms with van der Waals surface area (Å²) in [6.45, 7) is 1.36. The van der Waals surface area contributed by atoms with Crippen LogP contribution in [0.2, 0.25) is 10.0 Å². The van der Waals surface area contributed by atoms with E-state index in [1.54, 1.807) is 4.42 Å². The van der Waals surface area contributed by atoms with E-state index >= 15 is 0 Å². The van der Waals surface area contributed by atoms with Crippen LogP contribution in [0.25, 0.3) is 16.7 Å². The summed E-state index contributed by atoms with van der Waals surface area (Å²) in [7, 11) is 0. The fourth-order valence-electron chi connectivity index (χ4n) is 3.95. The lowest BCUT2D eigenvalue weighted by molar-refractivity contribution is -0.137. The molecule has 0 saturated carbocycles. The number of nitrogens with one attached hydrogen (secondary N) is 1. The molecule has 0 bridgehead atoms. The average molecular weight is 557 g/mol. The monoisotopic (exact) mass is 555 g/mol. The Morgan fingerprint density at radius 2 is 1.78 bits per heavy atom. The van der Waals surface area contributed by atoms with Gasteiger partial charge >= 0.3 is 11.9 Å². The SMILES string of the molecule is Nc1c2cnc(Nc3ccc4c(c3)CN(Cl)CC4)nc2nc(=O)n1-c1c(Cl)cc(C(F)(F)F)cc1Cl. The fourth-order valence-corrected chi connectivity index (χ4v) is 4.82. The van der Waals surface area contributed by atoms with Crippen molar-refractivity contribution in [3.63, 3.8) is 0 Å². The Morgan fingerprint density at radius 1 is 1.06 bits per heavy atom. The Morgan fingerprint density at radius 3 is 2.47 bits per heavy atom. The van der Waals surface area contributed by atoms with E-state index in [2.05, 4.69) is 20.3 Å². The summed E-state index contributed by atoms with van der Waals surface area (Å²) in [6.07, 6.45) is -2.50. The lowest BCUT2D eigenvalue weighted by Gasteiger charge is -2.23. The van der Waals surface area contributed by atoms with Crippen molar-refractivity contribution in [1.29, 1.82) is 0 Å². The van der Waals surface area contributed by atoms with E-state index in [4.69, 9.17) is 40.7 Å². The second kappa shape index (κ2) is 9.07. The van der Waals surface area contributed by atoms with Gasteiger partial charge in [0.1, 0.15) is 5.82 Å². The molecule has 1 aliphatic heterocycles. The summed E-state index contributed by atoms with van der Waals surface area (Å²) in [5, 5.41) is 2.39. The maximum Gasteiger partial charge on any atom is 0.416 e. The zero-order chi connectivity index (χ0) is 25.8. The molecule has 3 heterocycles. The predicted octanol–water partition coefficient (Wildman–Crippen LogP) is 5.34. The number of nitrogens with two attached hydrogens (primary N) is 1. The smallest absolute Gasteiger partial charge is 0.384 e. The summed E-state index contributed by atoms with van der Waals surface area (Å²) >= 11 is 18.3. The Hall–Kier alpha value is -3.12. The zero-order valence-corrected chi connectivity index (χ0v) is 20.3. The maximum absolute atomic E-state index is 13.1. The molecule has 3 N–H and O–H groups in total. The number of rotatable bonds is 3. The molecule has 14 heteroatoms. The van der Waals surface area contributed by atoms with Crippen LogP contribution >= 0.6 is 35.0 Å². The van der Waals surface area contributed by atoms with Gasteiger partial charge in [-0.3, -0.25) is 0 Å². The summed E-state index contributed by atoms with van der Waals surface area (Å²) in [4.78, 5) is 25.3. The van der Waals surface area contributed by atoms with E-state index in [1.165, 1.54) is 11.8 Å². The highest BCUT2D eigenvalue weighted by molar-refractivity contribution is 6.38. The van der Waals surface area contributed by atoms with Gasteiger partial charge in [0.05, 0.1) is 26.7 Å². The number of aromatic nitrogens is 4. The number of nitrogens with zero attached hydrogens (tertiary/aromatic N) is 5. The van der Waals surface area contributed by atoms with Gasteiger partial charge in [-0.15, -0.1) is 0 Å². The Kier molecular flexibility index (Phi) is 6.19. The fraction of sp³-hybridized carbons (Fsp3) is 0.182.